The van der Waals surface area contributed by atoms with Crippen LogP contribution in [0.2, 0.25) is 0 Å². The van der Waals surface area contributed by atoms with Gasteiger partial charge in [-0.25, -0.2) is 4.39 Å². The van der Waals surface area contributed by atoms with Crippen molar-refractivity contribution in [3.63, 3.8) is 0 Å². The maximum Gasteiger partial charge on any atom is 0.159 e. The van der Waals surface area contributed by atoms with Crippen LogP contribution in [0.5, 0.6) is 0 Å². The van der Waals surface area contributed by atoms with Crippen molar-refractivity contribution in [2.24, 2.45) is 0 Å². The number of carbonyl (C=O) groups is 1. The zero-order valence-corrected chi connectivity index (χ0v) is 12.2. The zero-order chi connectivity index (χ0) is 15.5. The lowest BCUT2D eigenvalue weighted by Gasteiger charge is -2.07. The number of hydrogen-bond donors (Lipinski definition) is 0. The van der Waals surface area contributed by atoms with E-state index in [4.69, 9.17) is 0 Å². The molecule has 0 unspecified atom stereocenters. The first kappa shape index (κ1) is 14.2. The summed E-state index contributed by atoms with van der Waals surface area (Å²) in [7, 11) is 0. The molecule has 0 aliphatic carbocycles. The molecule has 0 aromatic heterocycles. The van der Waals surface area contributed by atoms with Gasteiger partial charge in [-0.2, -0.15) is 0 Å². The summed E-state index contributed by atoms with van der Waals surface area (Å²) >= 11 is 0. The fourth-order valence-corrected chi connectivity index (χ4v) is 2.42. The Morgan fingerprint density at radius 2 is 1.23 bits per heavy atom. The van der Waals surface area contributed by atoms with Crippen LogP contribution in [0.25, 0.3) is 22.3 Å². The van der Waals surface area contributed by atoms with Crippen LogP contribution in [-0.2, 0) is 0 Å². The van der Waals surface area contributed by atoms with Crippen molar-refractivity contribution in [3.05, 3.63) is 84.2 Å². The number of rotatable bonds is 3. The van der Waals surface area contributed by atoms with E-state index in [2.05, 4.69) is 6.07 Å². The Morgan fingerprint density at radius 3 is 1.73 bits per heavy atom. The standard InChI is InChI=1S/C20H15FO/c1-14(22)15-5-7-16(8-6-15)18-3-2-4-19(13-18)17-9-11-20(21)12-10-17/h2-13H,1H3. The molecule has 0 bridgehead atoms. The molecule has 2 heteroatoms. The van der Waals surface area contributed by atoms with Gasteiger partial charge in [-0.3, -0.25) is 4.79 Å². The molecule has 3 rings (SSSR count). The van der Waals surface area contributed by atoms with Crippen molar-refractivity contribution in [1.29, 1.82) is 0 Å². The number of carbonyl (C=O) groups excluding carboxylic acids is 1. The molecule has 0 saturated carbocycles. The summed E-state index contributed by atoms with van der Waals surface area (Å²) in [4.78, 5) is 11.3. The van der Waals surface area contributed by atoms with Crippen molar-refractivity contribution in [2.45, 2.75) is 6.92 Å². The van der Waals surface area contributed by atoms with E-state index in [0.717, 1.165) is 22.3 Å². The van der Waals surface area contributed by atoms with Gasteiger partial charge in [-0.1, -0.05) is 54.6 Å². The number of halogens is 1. The lowest BCUT2D eigenvalue weighted by molar-refractivity contribution is 0.101. The second-order valence-corrected chi connectivity index (χ2v) is 5.22. The fourth-order valence-electron chi connectivity index (χ4n) is 2.42. The minimum absolute atomic E-state index is 0.0617. The number of benzene rings is 3. The second kappa shape index (κ2) is 5.94. The molecule has 0 heterocycles. The minimum atomic E-state index is -0.236. The maximum atomic E-state index is 13.0. The first-order valence-electron chi connectivity index (χ1n) is 7.11. The van der Waals surface area contributed by atoms with Gasteiger partial charge in [0.05, 0.1) is 0 Å². The van der Waals surface area contributed by atoms with E-state index >= 15 is 0 Å². The Kier molecular flexibility index (Phi) is 3.84. The van der Waals surface area contributed by atoms with E-state index in [1.807, 2.05) is 42.5 Å². The Morgan fingerprint density at radius 1 is 0.727 bits per heavy atom. The lowest BCUT2D eigenvalue weighted by atomic mass is 9.98. The number of hydrogen-bond acceptors (Lipinski definition) is 1. The van der Waals surface area contributed by atoms with E-state index in [1.165, 1.54) is 12.1 Å². The van der Waals surface area contributed by atoms with E-state index in [0.29, 0.717) is 5.56 Å². The van der Waals surface area contributed by atoms with Crippen LogP contribution in [0.3, 0.4) is 0 Å². The Labute approximate surface area is 129 Å². The molecule has 0 saturated heterocycles. The number of Topliss-reactive ketones (excluding diaryl/α,β-unsaturated/α-hetero) is 1. The molecule has 0 aliphatic heterocycles. The highest BCUT2D eigenvalue weighted by Crippen LogP contribution is 2.26. The van der Waals surface area contributed by atoms with Crippen molar-refractivity contribution >= 4 is 5.78 Å². The predicted molar refractivity (Wildman–Crippen MR) is 87.3 cm³/mol. The van der Waals surface area contributed by atoms with Crippen molar-refractivity contribution in [2.75, 3.05) is 0 Å². The average Bonchev–Trinajstić information content (AvgIpc) is 2.56. The van der Waals surface area contributed by atoms with Gasteiger partial charge in [0.25, 0.3) is 0 Å². The van der Waals surface area contributed by atoms with Gasteiger partial charge in [-0.05, 0) is 47.4 Å². The van der Waals surface area contributed by atoms with E-state index in [-0.39, 0.29) is 11.6 Å². The van der Waals surface area contributed by atoms with Crippen molar-refractivity contribution < 1.29 is 9.18 Å². The fraction of sp³-hybridized carbons (Fsp3) is 0.0500. The molecule has 3 aromatic rings. The molecule has 1 nitrogen and oxygen atoms in total. The van der Waals surface area contributed by atoms with Gasteiger partial charge >= 0.3 is 0 Å². The topological polar surface area (TPSA) is 17.1 Å². The molecule has 0 spiro atoms. The van der Waals surface area contributed by atoms with Crippen LogP contribution in [0.4, 0.5) is 4.39 Å². The van der Waals surface area contributed by atoms with Gasteiger partial charge in [0.2, 0.25) is 0 Å². The first-order valence-corrected chi connectivity index (χ1v) is 7.11. The highest BCUT2D eigenvalue weighted by molar-refractivity contribution is 5.94. The van der Waals surface area contributed by atoms with E-state index in [1.54, 1.807) is 19.1 Å². The van der Waals surface area contributed by atoms with Crippen LogP contribution >= 0.6 is 0 Å². The molecule has 0 amide bonds. The Bertz CT molecular complexity index is 802. The van der Waals surface area contributed by atoms with Crippen LogP contribution in [-0.4, -0.2) is 5.78 Å². The average molecular weight is 290 g/mol. The summed E-state index contributed by atoms with van der Waals surface area (Å²) in [5.41, 5.74) is 4.83. The van der Waals surface area contributed by atoms with Crippen LogP contribution in [0, 0.1) is 5.82 Å². The van der Waals surface area contributed by atoms with Gasteiger partial charge in [0, 0.05) is 5.56 Å². The summed E-state index contributed by atoms with van der Waals surface area (Å²) in [6.07, 6.45) is 0. The zero-order valence-electron chi connectivity index (χ0n) is 12.2. The predicted octanol–water partition coefficient (Wildman–Crippen LogP) is 5.36. The largest absolute Gasteiger partial charge is 0.295 e. The highest BCUT2D eigenvalue weighted by Gasteiger charge is 2.04. The third kappa shape index (κ3) is 2.96. The molecule has 22 heavy (non-hydrogen) atoms. The lowest BCUT2D eigenvalue weighted by Crippen LogP contribution is -1.90. The molecule has 0 fully saturated rings. The summed E-state index contributed by atoms with van der Waals surface area (Å²) in [6.45, 7) is 1.56. The smallest absolute Gasteiger partial charge is 0.159 e. The highest BCUT2D eigenvalue weighted by atomic mass is 19.1. The Balaban J connectivity index is 1.97. The normalized spacial score (nSPS) is 10.5. The Hall–Kier alpha value is -2.74. The van der Waals surface area contributed by atoms with E-state index < -0.39 is 0 Å². The van der Waals surface area contributed by atoms with Gasteiger partial charge in [0.15, 0.2) is 5.78 Å². The molecule has 0 radical (unpaired) electrons. The molecule has 3 aromatic carbocycles. The van der Waals surface area contributed by atoms with Gasteiger partial charge in [0.1, 0.15) is 5.82 Å². The van der Waals surface area contributed by atoms with Crippen molar-refractivity contribution in [1.82, 2.24) is 0 Å². The second-order valence-electron chi connectivity index (χ2n) is 5.22. The summed E-state index contributed by atoms with van der Waals surface area (Å²) in [5.74, 6) is -0.175. The summed E-state index contributed by atoms with van der Waals surface area (Å²) in [6, 6.07) is 22.1. The molecular formula is C20H15FO. The van der Waals surface area contributed by atoms with E-state index in [9.17, 15) is 9.18 Å². The van der Waals surface area contributed by atoms with Crippen molar-refractivity contribution in [3.8, 4) is 22.3 Å². The monoisotopic (exact) mass is 290 g/mol. The molecular weight excluding hydrogens is 275 g/mol. The van der Waals surface area contributed by atoms with Gasteiger partial charge < -0.3 is 0 Å². The summed E-state index contributed by atoms with van der Waals surface area (Å²) in [5, 5.41) is 0. The number of ketones is 1. The van der Waals surface area contributed by atoms with Crippen LogP contribution in [0.15, 0.2) is 72.8 Å². The van der Waals surface area contributed by atoms with Gasteiger partial charge in [-0.15, -0.1) is 0 Å². The molecule has 108 valence electrons. The molecule has 0 atom stereocenters. The molecule has 0 aliphatic rings. The van der Waals surface area contributed by atoms with Crippen LogP contribution in [0.1, 0.15) is 17.3 Å². The quantitative estimate of drug-likeness (QED) is 0.593. The third-order valence-corrected chi connectivity index (χ3v) is 3.66. The SMILES string of the molecule is CC(=O)c1ccc(-c2cccc(-c3ccc(F)cc3)c2)cc1. The minimum Gasteiger partial charge on any atom is -0.295 e. The summed E-state index contributed by atoms with van der Waals surface area (Å²) < 4.78 is 13.0. The molecule has 0 N–H and O–H groups in total. The first-order chi connectivity index (χ1) is 10.6. The maximum absolute atomic E-state index is 13.0. The third-order valence-electron chi connectivity index (χ3n) is 3.66. The van der Waals surface area contributed by atoms with Crippen LogP contribution < -0.4 is 0 Å².